The van der Waals surface area contributed by atoms with Crippen molar-refractivity contribution in [1.82, 2.24) is 0 Å². The minimum atomic E-state index is -1.19. The second-order valence-electron chi connectivity index (χ2n) is 18.5. The standard InChI is InChI=1S/C43H64O11/c1-7-8-9-10-11-14-34-39(2,46)18-17-28-30(49-34)22-36-42(5,52-28)25-41(4)35(51-36)16-15-27-31(53-41)21-29-32(48-27)24-40(3)37(50-29)23-38-43(6,54-40)33(45)20-26(47-38)13-12-19-44/h7,9-11,14,17-18,26-38,44-46H,1,8,12-13,15-16,19-25H2,2-6H3. The van der Waals surface area contributed by atoms with E-state index in [1.54, 1.807) is 6.92 Å². The minimum absolute atomic E-state index is 0.104. The van der Waals surface area contributed by atoms with Crippen LogP contribution in [0.1, 0.15) is 105 Å². The molecule has 7 saturated heterocycles. The summed E-state index contributed by atoms with van der Waals surface area (Å²) in [5.74, 6) is 0. The van der Waals surface area contributed by atoms with Gasteiger partial charge in [0.2, 0.25) is 0 Å². The number of aliphatic hydroxyl groups excluding tert-OH is 2. The second-order valence-corrected chi connectivity index (χ2v) is 18.5. The Kier molecular flexibility index (Phi) is 10.7. The molecule has 11 nitrogen and oxygen atoms in total. The lowest BCUT2D eigenvalue weighted by Crippen LogP contribution is -2.72. The first-order valence-electron chi connectivity index (χ1n) is 20.6. The van der Waals surface area contributed by atoms with Crippen molar-refractivity contribution in [2.24, 2.45) is 0 Å². The van der Waals surface area contributed by atoms with E-state index in [1.807, 2.05) is 49.5 Å². The van der Waals surface area contributed by atoms with E-state index in [0.29, 0.717) is 51.4 Å². The van der Waals surface area contributed by atoms with Gasteiger partial charge >= 0.3 is 0 Å². The molecule has 7 fully saturated rings. The Morgan fingerprint density at radius 3 is 2.35 bits per heavy atom. The molecule has 8 aliphatic rings. The van der Waals surface area contributed by atoms with Crippen LogP contribution in [0.4, 0.5) is 0 Å². The van der Waals surface area contributed by atoms with Crippen molar-refractivity contribution in [2.75, 3.05) is 6.61 Å². The molecule has 0 aromatic carbocycles. The zero-order valence-electron chi connectivity index (χ0n) is 32.8. The average Bonchev–Trinajstić information content (AvgIpc) is 3.31. The van der Waals surface area contributed by atoms with Gasteiger partial charge in [-0.25, -0.2) is 0 Å². The van der Waals surface area contributed by atoms with Crippen molar-refractivity contribution in [3.63, 3.8) is 0 Å². The van der Waals surface area contributed by atoms with E-state index in [2.05, 4.69) is 27.4 Å². The first-order chi connectivity index (χ1) is 25.7. The van der Waals surface area contributed by atoms with E-state index >= 15 is 0 Å². The van der Waals surface area contributed by atoms with Crippen molar-refractivity contribution < 1.29 is 53.2 Å². The Hall–Kier alpha value is -1.48. The van der Waals surface area contributed by atoms with Crippen LogP contribution in [0, 0.1) is 0 Å². The molecule has 8 heterocycles. The predicted molar refractivity (Wildman–Crippen MR) is 200 cm³/mol. The van der Waals surface area contributed by atoms with Crippen molar-refractivity contribution in [3.05, 3.63) is 49.1 Å². The minimum Gasteiger partial charge on any atom is -0.396 e. The van der Waals surface area contributed by atoms with Crippen LogP contribution >= 0.6 is 0 Å². The molecule has 3 N–H and O–H groups in total. The summed E-state index contributed by atoms with van der Waals surface area (Å²) in [6, 6.07) is 0. The molecule has 0 bridgehead atoms. The molecule has 18 unspecified atom stereocenters. The van der Waals surface area contributed by atoms with Crippen molar-refractivity contribution >= 4 is 0 Å². The Labute approximate surface area is 321 Å². The first-order valence-corrected chi connectivity index (χ1v) is 20.6. The lowest BCUT2D eigenvalue weighted by Gasteiger charge is -2.61. The number of allylic oxidation sites excluding steroid dienone is 4. The van der Waals surface area contributed by atoms with Gasteiger partial charge in [-0.05, 0) is 66.7 Å². The highest BCUT2D eigenvalue weighted by Crippen LogP contribution is 2.54. The van der Waals surface area contributed by atoms with Gasteiger partial charge in [0.15, 0.2) is 0 Å². The molecule has 0 aliphatic carbocycles. The summed E-state index contributed by atoms with van der Waals surface area (Å²) in [5, 5.41) is 32.1. The highest BCUT2D eigenvalue weighted by Gasteiger charge is 2.64. The van der Waals surface area contributed by atoms with Crippen LogP contribution in [-0.4, -0.2) is 129 Å². The van der Waals surface area contributed by atoms with Crippen LogP contribution in [0.2, 0.25) is 0 Å². The molecule has 0 aromatic heterocycles. The van der Waals surface area contributed by atoms with Crippen LogP contribution in [0.15, 0.2) is 49.1 Å². The van der Waals surface area contributed by atoms with Gasteiger partial charge in [-0.1, -0.05) is 42.5 Å². The third-order valence-corrected chi connectivity index (χ3v) is 14.1. The molecular formula is C43H64O11. The molecule has 0 amide bonds. The zero-order valence-corrected chi connectivity index (χ0v) is 32.8. The summed E-state index contributed by atoms with van der Waals surface area (Å²) in [6.07, 6.45) is 17.5. The zero-order chi connectivity index (χ0) is 38.1. The van der Waals surface area contributed by atoms with E-state index in [9.17, 15) is 15.3 Å². The van der Waals surface area contributed by atoms with E-state index in [-0.39, 0.29) is 73.8 Å². The molecule has 0 spiro atoms. The lowest BCUT2D eigenvalue weighted by molar-refractivity contribution is -0.369. The van der Waals surface area contributed by atoms with Crippen molar-refractivity contribution in [1.29, 1.82) is 0 Å². The topological polar surface area (TPSA) is 135 Å². The fourth-order valence-electron chi connectivity index (χ4n) is 11.1. The Bertz CT molecular complexity index is 1460. The summed E-state index contributed by atoms with van der Waals surface area (Å²) in [6.45, 7) is 14.0. The quantitative estimate of drug-likeness (QED) is 0.241. The summed E-state index contributed by atoms with van der Waals surface area (Å²) >= 11 is 0. The molecule has 0 aromatic rings. The first kappa shape index (κ1) is 39.4. The highest BCUT2D eigenvalue weighted by atomic mass is 16.6. The number of hydrogen-bond acceptors (Lipinski definition) is 11. The molecule has 18 atom stereocenters. The van der Waals surface area contributed by atoms with E-state index in [0.717, 1.165) is 19.3 Å². The molecule has 8 aliphatic heterocycles. The second kappa shape index (κ2) is 14.7. The Morgan fingerprint density at radius 2 is 1.56 bits per heavy atom. The summed E-state index contributed by atoms with van der Waals surface area (Å²) in [7, 11) is 0. The van der Waals surface area contributed by atoms with Gasteiger partial charge in [-0.2, -0.15) is 0 Å². The maximum absolute atomic E-state index is 11.3. The van der Waals surface area contributed by atoms with Gasteiger partial charge in [0.1, 0.15) is 23.4 Å². The number of rotatable bonds is 7. The van der Waals surface area contributed by atoms with Crippen LogP contribution in [0.5, 0.6) is 0 Å². The fraction of sp³-hybridized carbons (Fsp3) is 0.814. The van der Waals surface area contributed by atoms with Gasteiger partial charge in [-0.3, -0.25) is 0 Å². The van der Waals surface area contributed by atoms with Crippen LogP contribution in [0.3, 0.4) is 0 Å². The van der Waals surface area contributed by atoms with Gasteiger partial charge in [0.05, 0.1) is 83.9 Å². The van der Waals surface area contributed by atoms with Gasteiger partial charge in [-0.15, -0.1) is 6.58 Å². The smallest absolute Gasteiger partial charge is 0.118 e. The normalized spacial score (nSPS) is 54.2. The maximum Gasteiger partial charge on any atom is 0.118 e. The van der Waals surface area contributed by atoms with Gasteiger partial charge < -0.3 is 53.2 Å². The SMILES string of the molecule is C=CCC=CC=CC1OC2CC3OC4CCC5OC6CC7(C)OC8(C)C(O)CC(CCCO)OC8CC7OC6CC5OC4(C)CC3(C)OC2C=CC1(C)O. The van der Waals surface area contributed by atoms with Crippen molar-refractivity contribution in [3.8, 4) is 0 Å². The predicted octanol–water partition coefficient (Wildman–Crippen LogP) is 4.94. The molecule has 302 valence electrons. The van der Waals surface area contributed by atoms with E-state index in [4.69, 9.17) is 37.9 Å². The highest BCUT2D eigenvalue weighted by molar-refractivity contribution is 5.20. The van der Waals surface area contributed by atoms with E-state index < -0.39 is 40.2 Å². The summed E-state index contributed by atoms with van der Waals surface area (Å²) in [5.41, 5.74) is -3.89. The monoisotopic (exact) mass is 756 g/mol. The number of aliphatic hydroxyl groups is 3. The number of ether oxygens (including phenoxy) is 8. The maximum atomic E-state index is 11.3. The number of hydrogen-bond donors (Lipinski definition) is 3. The third kappa shape index (κ3) is 7.16. The number of fused-ring (bicyclic) bond motifs is 7. The Balaban J connectivity index is 0.950. The molecule has 0 radical (unpaired) electrons. The summed E-state index contributed by atoms with van der Waals surface area (Å²) < 4.78 is 54.9. The lowest BCUT2D eigenvalue weighted by atomic mass is 9.72. The largest absolute Gasteiger partial charge is 0.396 e. The third-order valence-electron chi connectivity index (χ3n) is 14.1. The van der Waals surface area contributed by atoms with Gasteiger partial charge in [0, 0.05) is 45.1 Å². The van der Waals surface area contributed by atoms with Crippen LogP contribution in [-0.2, 0) is 37.9 Å². The average molecular weight is 757 g/mol. The van der Waals surface area contributed by atoms with Crippen molar-refractivity contribution in [2.45, 2.75) is 213 Å². The molecular weight excluding hydrogens is 692 g/mol. The molecule has 0 saturated carbocycles. The van der Waals surface area contributed by atoms with E-state index in [1.165, 1.54) is 0 Å². The summed E-state index contributed by atoms with van der Waals surface area (Å²) in [4.78, 5) is 0. The molecule has 54 heavy (non-hydrogen) atoms. The van der Waals surface area contributed by atoms with Gasteiger partial charge in [0.25, 0.3) is 0 Å². The van der Waals surface area contributed by atoms with Crippen LogP contribution < -0.4 is 0 Å². The molecule has 8 rings (SSSR count). The fourth-order valence-corrected chi connectivity index (χ4v) is 11.1. The Morgan fingerprint density at radius 1 is 0.759 bits per heavy atom. The molecule has 11 heteroatoms. The van der Waals surface area contributed by atoms with Crippen LogP contribution in [0.25, 0.3) is 0 Å².